The van der Waals surface area contributed by atoms with Crippen molar-refractivity contribution >= 4 is 17.7 Å². The van der Waals surface area contributed by atoms with E-state index in [1.54, 1.807) is 7.11 Å². The number of thioether (sulfide) groups is 1. The van der Waals surface area contributed by atoms with E-state index in [2.05, 4.69) is 24.0 Å². The molecule has 0 aliphatic carbocycles. The van der Waals surface area contributed by atoms with Gasteiger partial charge in [0, 0.05) is 31.5 Å². The molecule has 30 heavy (non-hydrogen) atoms. The van der Waals surface area contributed by atoms with Crippen LogP contribution in [-0.2, 0) is 9.53 Å². The van der Waals surface area contributed by atoms with Gasteiger partial charge in [0.15, 0.2) is 11.0 Å². The van der Waals surface area contributed by atoms with Crippen LogP contribution < -0.4 is 0 Å². The van der Waals surface area contributed by atoms with Gasteiger partial charge < -0.3 is 9.64 Å². The zero-order chi connectivity index (χ0) is 21.3. The Morgan fingerprint density at radius 3 is 2.37 bits per heavy atom. The molecule has 1 aromatic heterocycles. The fraction of sp³-hybridized carbons (Fsp3) is 0.348. The molecule has 158 valence electrons. The van der Waals surface area contributed by atoms with Gasteiger partial charge in [-0.05, 0) is 18.1 Å². The van der Waals surface area contributed by atoms with Crippen molar-refractivity contribution in [3.05, 3.63) is 60.7 Å². The van der Waals surface area contributed by atoms with Gasteiger partial charge in [0.05, 0.1) is 12.4 Å². The Balaban J connectivity index is 1.84. The molecule has 0 aliphatic rings. The first kappa shape index (κ1) is 22.1. The second-order valence-electron chi connectivity index (χ2n) is 7.36. The van der Waals surface area contributed by atoms with Crippen LogP contribution in [0.4, 0.5) is 0 Å². The largest absolute Gasteiger partial charge is 0.383 e. The Morgan fingerprint density at radius 1 is 1.07 bits per heavy atom. The standard InChI is InChI=1S/C23H28N4O2S/c1-18(2)16-26(14-15-29-3)21(28)17-30-23-25-24-22(19-10-6-4-7-11-19)27(23)20-12-8-5-9-13-20/h4-13,18H,14-17H2,1-3H3. The first-order valence-corrected chi connectivity index (χ1v) is 11.0. The zero-order valence-corrected chi connectivity index (χ0v) is 18.5. The number of amides is 1. The number of hydrogen-bond acceptors (Lipinski definition) is 5. The van der Waals surface area contributed by atoms with E-state index in [1.165, 1.54) is 11.8 Å². The van der Waals surface area contributed by atoms with E-state index >= 15 is 0 Å². The minimum atomic E-state index is 0.0784. The van der Waals surface area contributed by atoms with E-state index in [4.69, 9.17) is 4.74 Å². The van der Waals surface area contributed by atoms with Gasteiger partial charge in [-0.2, -0.15) is 0 Å². The molecule has 1 heterocycles. The summed E-state index contributed by atoms with van der Waals surface area (Å²) < 4.78 is 7.18. The Bertz CT molecular complexity index is 929. The molecule has 0 unspecified atom stereocenters. The van der Waals surface area contributed by atoms with Crippen molar-refractivity contribution in [2.45, 2.75) is 19.0 Å². The predicted octanol–water partition coefficient (Wildman–Crippen LogP) is 4.16. The number of benzene rings is 2. The molecular formula is C23H28N4O2S. The molecule has 0 bridgehead atoms. The molecule has 0 radical (unpaired) electrons. The summed E-state index contributed by atoms with van der Waals surface area (Å²) in [5, 5.41) is 9.53. The second kappa shape index (κ2) is 10.9. The fourth-order valence-corrected chi connectivity index (χ4v) is 3.98. The number of rotatable bonds is 10. The average Bonchev–Trinajstić information content (AvgIpc) is 3.20. The Labute approximate surface area is 182 Å². The van der Waals surface area contributed by atoms with Crippen LogP contribution in [-0.4, -0.2) is 58.1 Å². The highest BCUT2D eigenvalue weighted by atomic mass is 32.2. The lowest BCUT2D eigenvalue weighted by Crippen LogP contribution is -2.37. The smallest absolute Gasteiger partial charge is 0.233 e. The van der Waals surface area contributed by atoms with Crippen molar-refractivity contribution < 1.29 is 9.53 Å². The summed E-state index contributed by atoms with van der Waals surface area (Å²) in [5.74, 6) is 1.54. The maximum atomic E-state index is 12.9. The highest BCUT2D eigenvalue weighted by molar-refractivity contribution is 7.99. The van der Waals surface area contributed by atoms with Crippen molar-refractivity contribution in [3.8, 4) is 17.1 Å². The van der Waals surface area contributed by atoms with Gasteiger partial charge in [-0.25, -0.2) is 0 Å². The Hall–Kier alpha value is -2.64. The topological polar surface area (TPSA) is 60.2 Å². The number of para-hydroxylation sites is 1. The van der Waals surface area contributed by atoms with Crippen molar-refractivity contribution in [3.63, 3.8) is 0 Å². The number of carbonyl (C=O) groups is 1. The van der Waals surface area contributed by atoms with Crippen LogP contribution in [0.25, 0.3) is 17.1 Å². The number of carbonyl (C=O) groups excluding carboxylic acids is 1. The van der Waals surface area contributed by atoms with Crippen LogP contribution in [0.5, 0.6) is 0 Å². The lowest BCUT2D eigenvalue weighted by molar-refractivity contribution is -0.129. The highest BCUT2D eigenvalue weighted by Crippen LogP contribution is 2.28. The van der Waals surface area contributed by atoms with E-state index in [9.17, 15) is 4.79 Å². The predicted molar refractivity (Wildman–Crippen MR) is 121 cm³/mol. The second-order valence-corrected chi connectivity index (χ2v) is 8.30. The summed E-state index contributed by atoms with van der Waals surface area (Å²) in [6.45, 7) is 6.05. The molecule has 0 saturated carbocycles. The van der Waals surface area contributed by atoms with Crippen molar-refractivity contribution in [1.29, 1.82) is 0 Å². The Morgan fingerprint density at radius 2 is 1.73 bits per heavy atom. The normalized spacial score (nSPS) is 11.1. The Kier molecular flexibility index (Phi) is 8.04. The molecule has 0 atom stereocenters. The van der Waals surface area contributed by atoms with Crippen molar-refractivity contribution in [1.82, 2.24) is 19.7 Å². The quantitative estimate of drug-likeness (QED) is 0.458. The zero-order valence-electron chi connectivity index (χ0n) is 17.7. The van der Waals surface area contributed by atoms with Gasteiger partial charge in [0.2, 0.25) is 5.91 Å². The summed E-state index contributed by atoms with van der Waals surface area (Å²) in [7, 11) is 1.65. The van der Waals surface area contributed by atoms with Crippen LogP contribution in [0, 0.1) is 5.92 Å². The molecule has 0 fully saturated rings. The van der Waals surface area contributed by atoms with Crippen LogP contribution >= 0.6 is 11.8 Å². The van der Waals surface area contributed by atoms with Gasteiger partial charge in [0.1, 0.15) is 0 Å². The summed E-state index contributed by atoms with van der Waals surface area (Å²) in [5.41, 5.74) is 1.95. The van der Waals surface area contributed by atoms with Crippen molar-refractivity contribution in [2.24, 2.45) is 5.92 Å². The third-order valence-electron chi connectivity index (χ3n) is 4.51. The molecule has 2 aromatic carbocycles. The maximum Gasteiger partial charge on any atom is 0.233 e. The van der Waals surface area contributed by atoms with Crippen LogP contribution in [0.3, 0.4) is 0 Å². The van der Waals surface area contributed by atoms with E-state index in [1.807, 2.05) is 70.1 Å². The molecule has 0 aliphatic heterocycles. The van der Waals surface area contributed by atoms with Gasteiger partial charge in [-0.15, -0.1) is 10.2 Å². The van der Waals surface area contributed by atoms with E-state index < -0.39 is 0 Å². The summed E-state index contributed by atoms with van der Waals surface area (Å²) in [4.78, 5) is 14.7. The van der Waals surface area contributed by atoms with Gasteiger partial charge >= 0.3 is 0 Å². The van der Waals surface area contributed by atoms with Gasteiger partial charge in [-0.1, -0.05) is 74.1 Å². The molecule has 7 heteroatoms. The van der Waals surface area contributed by atoms with Gasteiger partial charge in [0.25, 0.3) is 0 Å². The van der Waals surface area contributed by atoms with Crippen molar-refractivity contribution in [2.75, 3.05) is 32.6 Å². The molecular weight excluding hydrogens is 396 g/mol. The SMILES string of the molecule is COCCN(CC(C)C)C(=O)CSc1nnc(-c2ccccc2)n1-c1ccccc1. The number of hydrogen-bond donors (Lipinski definition) is 0. The van der Waals surface area contributed by atoms with Gasteiger partial charge in [-0.3, -0.25) is 9.36 Å². The molecule has 3 rings (SSSR count). The molecule has 1 amide bonds. The lowest BCUT2D eigenvalue weighted by atomic mass is 10.2. The minimum Gasteiger partial charge on any atom is -0.383 e. The van der Waals surface area contributed by atoms with E-state index in [-0.39, 0.29) is 5.91 Å². The molecule has 0 spiro atoms. The van der Waals surface area contributed by atoms with E-state index in [0.29, 0.717) is 36.5 Å². The molecule has 3 aromatic rings. The number of aromatic nitrogens is 3. The number of nitrogens with zero attached hydrogens (tertiary/aromatic N) is 4. The average molecular weight is 425 g/mol. The number of ether oxygens (including phenoxy) is 1. The first-order chi connectivity index (χ1) is 14.6. The third kappa shape index (κ3) is 5.70. The first-order valence-electron chi connectivity index (χ1n) is 10.1. The third-order valence-corrected chi connectivity index (χ3v) is 5.42. The maximum absolute atomic E-state index is 12.9. The minimum absolute atomic E-state index is 0.0784. The lowest BCUT2D eigenvalue weighted by Gasteiger charge is -2.24. The molecule has 0 N–H and O–H groups in total. The van der Waals surface area contributed by atoms with E-state index in [0.717, 1.165) is 17.1 Å². The molecule has 0 saturated heterocycles. The fourth-order valence-electron chi connectivity index (χ4n) is 3.13. The van der Waals surface area contributed by atoms with Crippen LogP contribution in [0.15, 0.2) is 65.8 Å². The van der Waals surface area contributed by atoms with Crippen LogP contribution in [0.1, 0.15) is 13.8 Å². The number of methoxy groups -OCH3 is 1. The molecule has 6 nitrogen and oxygen atoms in total. The monoisotopic (exact) mass is 424 g/mol. The summed E-state index contributed by atoms with van der Waals surface area (Å²) in [6.07, 6.45) is 0. The highest BCUT2D eigenvalue weighted by Gasteiger charge is 2.20. The summed E-state index contributed by atoms with van der Waals surface area (Å²) in [6, 6.07) is 19.9. The summed E-state index contributed by atoms with van der Waals surface area (Å²) >= 11 is 1.41. The van der Waals surface area contributed by atoms with Crippen LogP contribution in [0.2, 0.25) is 0 Å².